The van der Waals surface area contributed by atoms with Gasteiger partial charge in [-0.05, 0) is 37.0 Å². The van der Waals surface area contributed by atoms with Gasteiger partial charge in [0, 0.05) is 66.1 Å². The highest BCUT2D eigenvalue weighted by molar-refractivity contribution is 5.77. The van der Waals surface area contributed by atoms with Crippen LogP contribution in [0, 0.1) is 17.3 Å². The van der Waals surface area contributed by atoms with E-state index in [9.17, 15) is 4.79 Å². The third kappa shape index (κ3) is 4.54. The topological polar surface area (TPSA) is 51.2 Å². The summed E-state index contributed by atoms with van der Waals surface area (Å²) in [7, 11) is 3.40. The van der Waals surface area contributed by atoms with Crippen molar-refractivity contribution in [1.29, 1.82) is 0 Å². The molecule has 3 fully saturated rings. The van der Waals surface area contributed by atoms with Gasteiger partial charge >= 0.3 is 0 Å². The van der Waals surface area contributed by atoms with E-state index in [1.54, 1.807) is 7.11 Å². The Morgan fingerprint density at radius 3 is 2.52 bits per heavy atom. The third-order valence-electron chi connectivity index (χ3n) is 6.49. The van der Waals surface area contributed by atoms with Crippen molar-refractivity contribution in [2.24, 2.45) is 17.3 Å². The first-order valence-electron chi connectivity index (χ1n) is 9.72. The van der Waals surface area contributed by atoms with Crippen LogP contribution < -0.4 is 0 Å². The van der Waals surface area contributed by atoms with E-state index in [2.05, 4.69) is 4.90 Å². The standard InChI is InChI=1S/C19H34N2O4/c1-23-13-17-12-20(11-16-3-9-25-10-4-16)15-19(17)5-7-21(8-6-19)18(22)14-24-2/h16-17H,3-15H2,1-2H3/t17-/m1/s1. The molecule has 0 radical (unpaired) electrons. The number of amides is 1. The summed E-state index contributed by atoms with van der Waals surface area (Å²) >= 11 is 0. The molecule has 6 heteroatoms. The second kappa shape index (κ2) is 8.80. The SMILES string of the molecule is COCC(=O)N1CCC2(CC1)CN(CC1CCOCC1)C[C@@H]2COC. The molecule has 0 saturated carbocycles. The number of rotatable bonds is 6. The van der Waals surface area contributed by atoms with Gasteiger partial charge in [0.15, 0.2) is 0 Å². The normalized spacial score (nSPS) is 27.9. The van der Waals surface area contributed by atoms with Gasteiger partial charge in [-0.2, -0.15) is 0 Å². The lowest BCUT2D eigenvalue weighted by Gasteiger charge is -2.42. The minimum atomic E-state index is 0.123. The van der Waals surface area contributed by atoms with Crippen LogP contribution in [0.2, 0.25) is 0 Å². The second-order valence-electron chi connectivity index (χ2n) is 8.08. The molecular weight excluding hydrogens is 320 g/mol. The van der Waals surface area contributed by atoms with Gasteiger partial charge in [0.1, 0.15) is 6.61 Å². The number of methoxy groups -OCH3 is 2. The van der Waals surface area contributed by atoms with Crippen molar-refractivity contribution in [1.82, 2.24) is 9.80 Å². The summed E-state index contributed by atoms with van der Waals surface area (Å²) in [5.74, 6) is 1.48. The summed E-state index contributed by atoms with van der Waals surface area (Å²) in [6.07, 6.45) is 4.55. The number of carbonyl (C=O) groups excluding carboxylic acids is 1. The van der Waals surface area contributed by atoms with Gasteiger partial charge in [0.05, 0.1) is 6.61 Å². The Morgan fingerprint density at radius 2 is 1.88 bits per heavy atom. The molecule has 25 heavy (non-hydrogen) atoms. The zero-order valence-electron chi connectivity index (χ0n) is 15.9. The molecule has 0 aromatic heterocycles. The van der Waals surface area contributed by atoms with E-state index in [0.29, 0.717) is 11.3 Å². The largest absolute Gasteiger partial charge is 0.384 e. The van der Waals surface area contributed by atoms with Gasteiger partial charge in [-0.15, -0.1) is 0 Å². The monoisotopic (exact) mass is 354 g/mol. The van der Waals surface area contributed by atoms with Crippen molar-refractivity contribution >= 4 is 5.91 Å². The van der Waals surface area contributed by atoms with E-state index in [1.165, 1.54) is 19.4 Å². The van der Waals surface area contributed by atoms with Crippen molar-refractivity contribution in [2.45, 2.75) is 25.7 Å². The Bertz CT molecular complexity index is 431. The summed E-state index contributed by atoms with van der Waals surface area (Å²) in [5, 5.41) is 0. The van der Waals surface area contributed by atoms with Crippen molar-refractivity contribution in [3.8, 4) is 0 Å². The molecule has 3 heterocycles. The number of hydrogen-bond donors (Lipinski definition) is 0. The number of nitrogens with zero attached hydrogens (tertiary/aromatic N) is 2. The fourth-order valence-corrected chi connectivity index (χ4v) is 4.99. The van der Waals surface area contributed by atoms with Crippen LogP contribution in [0.25, 0.3) is 0 Å². The van der Waals surface area contributed by atoms with E-state index < -0.39 is 0 Å². The highest BCUT2D eigenvalue weighted by atomic mass is 16.5. The fraction of sp³-hybridized carbons (Fsp3) is 0.947. The number of ether oxygens (including phenoxy) is 3. The maximum Gasteiger partial charge on any atom is 0.248 e. The molecule has 0 aliphatic carbocycles. The zero-order valence-corrected chi connectivity index (χ0v) is 15.9. The maximum absolute atomic E-state index is 12.1. The third-order valence-corrected chi connectivity index (χ3v) is 6.49. The summed E-state index contributed by atoms with van der Waals surface area (Å²) in [4.78, 5) is 16.7. The lowest BCUT2D eigenvalue weighted by atomic mass is 9.71. The number of carbonyl (C=O) groups is 1. The average Bonchev–Trinajstić information content (AvgIpc) is 2.93. The number of likely N-dealkylation sites (tertiary alicyclic amines) is 2. The molecule has 0 aromatic rings. The Morgan fingerprint density at radius 1 is 1.16 bits per heavy atom. The Labute approximate surface area is 151 Å². The molecule has 144 valence electrons. The zero-order chi connectivity index (χ0) is 17.7. The summed E-state index contributed by atoms with van der Waals surface area (Å²) in [6.45, 7) is 8.06. The summed E-state index contributed by atoms with van der Waals surface area (Å²) in [6, 6.07) is 0. The Balaban J connectivity index is 1.58. The first kappa shape index (κ1) is 19.1. The smallest absolute Gasteiger partial charge is 0.248 e. The van der Waals surface area contributed by atoms with E-state index in [0.717, 1.165) is 64.8 Å². The molecule has 0 unspecified atom stereocenters. The van der Waals surface area contributed by atoms with Gasteiger partial charge in [-0.25, -0.2) is 0 Å². The van der Waals surface area contributed by atoms with Crippen molar-refractivity contribution in [3.63, 3.8) is 0 Å². The van der Waals surface area contributed by atoms with Crippen LogP contribution in [0.3, 0.4) is 0 Å². The van der Waals surface area contributed by atoms with Gasteiger partial charge in [0.25, 0.3) is 0 Å². The predicted molar refractivity (Wildman–Crippen MR) is 95.5 cm³/mol. The Kier molecular flexibility index (Phi) is 6.72. The van der Waals surface area contributed by atoms with Crippen LogP contribution in [0.1, 0.15) is 25.7 Å². The molecule has 6 nitrogen and oxygen atoms in total. The second-order valence-corrected chi connectivity index (χ2v) is 8.08. The molecular formula is C19H34N2O4. The van der Waals surface area contributed by atoms with Crippen LogP contribution in [0.15, 0.2) is 0 Å². The minimum absolute atomic E-state index is 0.123. The van der Waals surface area contributed by atoms with Crippen molar-refractivity contribution < 1.29 is 19.0 Å². The van der Waals surface area contributed by atoms with Crippen LogP contribution >= 0.6 is 0 Å². The highest BCUT2D eigenvalue weighted by Crippen LogP contribution is 2.45. The van der Waals surface area contributed by atoms with Crippen molar-refractivity contribution in [2.75, 3.05) is 73.4 Å². The number of piperidine rings is 1. The van der Waals surface area contributed by atoms with Gasteiger partial charge < -0.3 is 24.0 Å². The number of hydrogen-bond acceptors (Lipinski definition) is 5. The average molecular weight is 354 g/mol. The molecule has 0 aromatic carbocycles. The highest BCUT2D eigenvalue weighted by Gasteiger charge is 2.48. The maximum atomic E-state index is 12.1. The molecule has 3 saturated heterocycles. The molecule has 1 amide bonds. The molecule has 0 N–H and O–H groups in total. The lowest BCUT2D eigenvalue weighted by molar-refractivity contribution is -0.138. The van der Waals surface area contributed by atoms with E-state index in [1.807, 2.05) is 12.0 Å². The van der Waals surface area contributed by atoms with Gasteiger partial charge in [-0.3, -0.25) is 4.79 Å². The quantitative estimate of drug-likeness (QED) is 0.718. The van der Waals surface area contributed by atoms with E-state index in [4.69, 9.17) is 14.2 Å². The van der Waals surface area contributed by atoms with Gasteiger partial charge in [0.2, 0.25) is 5.91 Å². The van der Waals surface area contributed by atoms with E-state index in [-0.39, 0.29) is 12.5 Å². The minimum Gasteiger partial charge on any atom is -0.384 e. The summed E-state index contributed by atoms with van der Waals surface area (Å²) < 4.78 is 16.1. The molecule has 1 spiro atoms. The van der Waals surface area contributed by atoms with Gasteiger partial charge in [-0.1, -0.05) is 0 Å². The summed E-state index contributed by atoms with van der Waals surface area (Å²) in [5.41, 5.74) is 0.311. The Hall–Kier alpha value is -0.690. The van der Waals surface area contributed by atoms with Crippen LogP contribution in [0.5, 0.6) is 0 Å². The molecule has 3 aliphatic rings. The lowest BCUT2D eigenvalue weighted by Crippen LogP contribution is -2.48. The molecule has 1 atom stereocenters. The molecule has 3 rings (SSSR count). The first-order chi connectivity index (χ1) is 12.2. The van der Waals surface area contributed by atoms with Crippen LogP contribution in [0.4, 0.5) is 0 Å². The van der Waals surface area contributed by atoms with Crippen LogP contribution in [-0.2, 0) is 19.0 Å². The molecule has 0 bridgehead atoms. The van der Waals surface area contributed by atoms with Crippen molar-refractivity contribution in [3.05, 3.63) is 0 Å². The van der Waals surface area contributed by atoms with Crippen LogP contribution in [-0.4, -0.2) is 89.1 Å². The first-order valence-corrected chi connectivity index (χ1v) is 9.72. The predicted octanol–water partition coefficient (Wildman–Crippen LogP) is 1.25. The van der Waals surface area contributed by atoms with E-state index >= 15 is 0 Å². The fourth-order valence-electron chi connectivity index (χ4n) is 4.99. The molecule has 3 aliphatic heterocycles.